The van der Waals surface area contributed by atoms with Crippen LogP contribution < -0.4 is 0 Å². The van der Waals surface area contributed by atoms with Crippen LogP contribution in [0.5, 0.6) is 0 Å². The second-order valence-electron chi connectivity index (χ2n) is 8.46. The minimum atomic E-state index is -0.0228. The summed E-state index contributed by atoms with van der Waals surface area (Å²) in [5, 5.41) is 0. The third kappa shape index (κ3) is 12.0. The Bertz CT molecular complexity index is 485. The maximum atomic E-state index is 6.35. The van der Waals surface area contributed by atoms with Crippen LogP contribution in [0.3, 0.4) is 0 Å². The number of ether oxygens (including phenoxy) is 2. The predicted molar refractivity (Wildman–Crippen MR) is 128 cm³/mol. The van der Waals surface area contributed by atoms with E-state index >= 15 is 0 Å². The van der Waals surface area contributed by atoms with Crippen molar-refractivity contribution in [3.05, 3.63) is 35.4 Å². The molecule has 0 aliphatic rings. The quantitative estimate of drug-likeness (QED) is 0.182. The summed E-state index contributed by atoms with van der Waals surface area (Å²) >= 11 is 0. The Morgan fingerprint density at radius 2 is 1.38 bits per heavy atom. The average molecular weight is 419 g/mol. The van der Waals surface area contributed by atoms with E-state index in [9.17, 15) is 0 Å². The van der Waals surface area contributed by atoms with Gasteiger partial charge in [-0.15, -0.1) is 0 Å². The molecular formula is C26H46O2Si. The molecule has 0 fully saturated rings. The lowest BCUT2D eigenvalue weighted by Gasteiger charge is -2.24. The lowest BCUT2D eigenvalue weighted by molar-refractivity contribution is -0.110. The fraction of sp³-hybridized carbons (Fsp3) is 0.769. The van der Waals surface area contributed by atoms with Gasteiger partial charge in [-0.2, -0.15) is 0 Å². The normalized spacial score (nSPS) is 14.7. The summed E-state index contributed by atoms with van der Waals surface area (Å²) < 4.78 is 12.7. The summed E-state index contributed by atoms with van der Waals surface area (Å²) in [6.07, 6.45) is 11.2. The molecule has 166 valence electrons. The second kappa shape index (κ2) is 17.1. The van der Waals surface area contributed by atoms with Crippen molar-refractivity contribution < 1.29 is 9.47 Å². The van der Waals surface area contributed by atoms with Gasteiger partial charge in [-0.3, -0.25) is 0 Å². The first-order chi connectivity index (χ1) is 14.1. The molecule has 0 spiro atoms. The summed E-state index contributed by atoms with van der Waals surface area (Å²) in [4.78, 5) is 0. The van der Waals surface area contributed by atoms with Gasteiger partial charge in [0.05, 0.1) is 13.2 Å². The highest BCUT2D eigenvalue weighted by molar-refractivity contribution is 6.36. The molecule has 2 unspecified atom stereocenters. The van der Waals surface area contributed by atoms with E-state index in [2.05, 4.69) is 58.9 Å². The smallest absolute Gasteiger partial charge is 0.137 e. The Morgan fingerprint density at radius 3 is 1.86 bits per heavy atom. The SMILES string of the molecule is CCCCC(CC)COC(OCC(CC)CCCC)[Si]CCc1ccccc1C. The van der Waals surface area contributed by atoms with Crippen LogP contribution in [0.15, 0.2) is 24.3 Å². The molecule has 0 aliphatic carbocycles. The minimum absolute atomic E-state index is 0.0228. The van der Waals surface area contributed by atoms with Gasteiger partial charge in [0.1, 0.15) is 15.4 Å². The molecule has 29 heavy (non-hydrogen) atoms. The highest BCUT2D eigenvalue weighted by Crippen LogP contribution is 2.17. The maximum absolute atomic E-state index is 6.35. The molecule has 2 atom stereocenters. The summed E-state index contributed by atoms with van der Waals surface area (Å²) in [7, 11) is 0.707. The first-order valence-electron chi connectivity index (χ1n) is 12.1. The van der Waals surface area contributed by atoms with E-state index in [1.807, 2.05) is 0 Å². The van der Waals surface area contributed by atoms with Gasteiger partial charge in [0.2, 0.25) is 0 Å². The van der Waals surface area contributed by atoms with E-state index in [1.165, 1.54) is 62.5 Å². The van der Waals surface area contributed by atoms with Crippen molar-refractivity contribution >= 4 is 9.52 Å². The van der Waals surface area contributed by atoms with Crippen molar-refractivity contribution in [2.24, 2.45) is 11.8 Å². The number of rotatable bonds is 18. The molecule has 2 nitrogen and oxygen atoms in total. The summed E-state index contributed by atoms with van der Waals surface area (Å²) in [5.74, 6) is 1.32. The lowest BCUT2D eigenvalue weighted by atomic mass is 10.0. The van der Waals surface area contributed by atoms with Crippen LogP contribution in [-0.2, 0) is 15.9 Å². The molecule has 0 aliphatic heterocycles. The van der Waals surface area contributed by atoms with Crippen molar-refractivity contribution in [2.75, 3.05) is 13.2 Å². The fourth-order valence-electron chi connectivity index (χ4n) is 3.62. The van der Waals surface area contributed by atoms with Crippen molar-refractivity contribution in [1.82, 2.24) is 0 Å². The van der Waals surface area contributed by atoms with Crippen LogP contribution in [0.1, 0.15) is 90.2 Å². The molecular weight excluding hydrogens is 372 g/mol. The van der Waals surface area contributed by atoms with Crippen molar-refractivity contribution in [1.29, 1.82) is 0 Å². The second-order valence-corrected chi connectivity index (χ2v) is 9.84. The largest absolute Gasteiger partial charge is 0.357 e. The van der Waals surface area contributed by atoms with E-state index in [0.29, 0.717) is 21.4 Å². The Labute approximate surface area is 184 Å². The third-order valence-corrected chi connectivity index (χ3v) is 7.23. The van der Waals surface area contributed by atoms with E-state index in [4.69, 9.17) is 9.47 Å². The predicted octanol–water partition coefficient (Wildman–Crippen LogP) is 7.41. The molecule has 0 heterocycles. The van der Waals surface area contributed by atoms with E-state index < -0.39 is 0 Å². The van der Waals surface area contributed by atoms with Gasteiger partial charge in [0, 0.05) is 0 Å². The maximum Gasteiger partial charge on any atom is 0.137 e. The van der Waals surface area contributed by atoms with E-state index in [0.717, 1.165) is 25.7 Å². The van der Waals surface area contributed by atoms with Gasteiger partial charge in [0.25, 0.3) is 0 Å². The van der Waals surface area contributed by atoms with E-state index in [-0.39, 0.29) is 5.91 Å². The monoisotopic (exact) mass is 418 g/mol. The van der Waals surface area contributed by atoms with Crippen LogP contribution in [0.2, 0.25) is 6.04 Å². The van der Waals surface area contributed by atoms with Crippen LogP contribution in [0.25, 0.3) is 0 Å². The van der Waals surface area contributed by atoms with E-state index in [1.54, 1.807) is 0 Å². The van der Waals surface area contributed by atoms with Crippen LogP contribution in [0.4, 0.5) is 0 Å². The number of hydrogen-bond acceptors (Lipinski definition) is 2. The standard InChI is InChI=1S/C26H46O2Si/c1-6-10-15-23(8-3)20-27-26(28-21-24(9-4)16-11-7-2)29-19-18-25-17-13-12-14-22(25)5/h12-14,17,23-24,26H,6-11,15-16,18-21H2,1-5H3. The Morgan fingerprint density at radius 1 is 0.828 bits per heavy atom. The highest BCUT2D eigenvalue weighted by atomic mass is 28.2. The Kier molecular flexibility index (Phi) is 15.5. The third-order valence-electron chi connectivity index (χ3n) is 6.02. The molecule has 0 bridgehead atoms. The molecule has 0 N–H and O–H groups in total. The Balaban J connectivity index is 2.54. The van der Waals surface area contributed by atoms with Crippen LogP contribution in [-0.4, -0.2) is 28.6 Å². The average Bonchev–Trinajstić information content (AvgIpc) is 2.74. The zero-order valence-corrected chi connectivity index (χ0v) is 20.8. The molecule has 0 amide bonds. The number of hydrogen-bond donors (Lipinski definition) is 0. The lowest BCUT2D eigenvalue weighted by Crippen LogP contribution is -2.29. The molecule has 1 aromatic carbocycles. The van der Waals surface area contributed by atoms with Gasteiger partial charge in [-0.05, 0) is 49.1 Å². The van der Waals surface area contributed by atoms with Gasteiger partial charge in [-0.25, -0.2) is 0 Å². The molecule has 0 aromatic heterocycles. The van der Waals surface area contributed by atoms with Gasteiger partial charge in [-0.1, -0.05) is 96.5 Å². The topological polar surface area (TPSA) is 18.5 Å². The summed E-state index contributed by atoms with van der Waals surface area (Å²) in [5.41, 5.74) is 2.86. The highest BCUT2D eigenvalue weighted by Gasteiger charge is 2.17. The molecule has 0 saturated carbocycles. The summed E-state index contributed by atoms with van der Waals surface area (Å²) in [6, 6.07) is 9.88. The summed E-state index contributed by atoms with van der Waals surface area (Å²) in [6.45, 7) is 13.0. The molecule has 1 aromatic rings. The number of unbranched alkanes of at least 4 members (excludes halogenated alkanes) is 2. The first kappa shape index (κ1) is 26.4. The molecule has 3 heteroatoms. The van der Waals surface area contributed by atoms with Gasteiger partial charge in [0.15, 0.2) is 0 Å². The number of aryl methyl sites for hydroxylation is 2. The fourth-order valence-corrected chi connectivity index (χ4v) is 4.70. The van der Waals surface area contributed by atoms with Gasteiger partial charge >= 0.3 is 0 Å². The van der Waals surface area contributed by atoms with Crippen LogP contribution >= 0.6 is 0 Å². The first-order valence-corrected chi connectivity index (χ1v) is 13.4. The zero-order chi connectivity index (χ0) is 21.3. The van der Waals surface area contributed by atoms with Crippen molar-refractivity contribution in [3.8, 4) is 0 Å². The van der Waals surface area contributed by atoms with Crippen molar-refractivity contribution in [3.63, 3.8) is 0 Å². The molecule has 0 saturated heterocycles. The minimum Gasteiger partial charge on any atom is -0.357 e. The van der Waals surface area contributed by atoms with Crippen molar-refractivity contribution in [2.45, 2.75) is 104 Å². The van der Waals surface area contributed by atoms with Gasteiger partial charge < -0.3 is 9.47 Å². The zero-order valence-electron chi connectivity index (χ0n) is 19.8. The number of benzene rings is 1. The Hall–Kier alpha value is -0.643. The molecule has 1 rings (SSSR count). The molecule has 2 radical (unpaired) electrons. The van der Waals surface area contributed by atoms with Crippen LogP contribution in [0, 0.1) is 18.8 Å².